The van der Waals surface area contributed by atoms with Crippen molar-refractivity contribution in [3.63, 3.8) is 0 Å². The Morgan fingerprint density at radius 2 is 2.27 bits per heavy atom. The summed E-state index contributed by atoms with van der Waals surface area (Å²) >= 11 is 6.26. The Kier molecular flexibility index (Phi) is 3.74. The Bertz CT molecular complexity index is 1210. The molecular weight excluding hydrogens is 361 g/mol. The molecule has 10 heteroatoms. The van der Waals surface area contributed by atoms with E-state index in [-0.39, 0.29) is 17.0 Å². The summed E-state index contributed by atoms with van der Waals surface area (Å²) in [7, 11) is 0. The Morgan fingerprint density at radius 3 is 3.04 bits per heavy atom. The predicted octanol–water partition coefficient (Wildman–Crippen LogP) is 2.70. The average molecular weight is 370 g/mol. The van der Waals surface area contributed by atoms with E-state index in [0.717, 1.165) is 0 Å². The largest absolute Gasteiger partial charge is 0.312 e. The van der Waals surface area contributed by atoms with Crippen molar-refractivity contribution >= 4 is 40.4 Å². The number of imidazole rings is 1. The van der Waals surface area contributed by atoms with Gasteiger partial charge in [-0.1, -0.05) is 11.6 Å². The number of hydrogen-bond donors (Lipinski definition) is 2. The zero-order valence-electron chi connectivity index (χ0n) is 13.0. The van der Waals surface area contributed by atoms with Gasteiger partial charge in [0.25, 0.3) is 0 Å². The van der Waals surface area contributed by atoms with Gasteiger partial charge in [-0.2, -0.15) is 10.4 Å². The van der Waals surface area contributed by atoms with Crippen LogP contribution in [-0.2, 0) is 11.2 Å². The summed E-state index contributed by atoms with van der Waals surface area (Å²) in [6.45, 7) is 0. The van der Waals surface area contributed by atoms with Crippen LogP contribution in [0.2, 0.25) is 5.02 Å². The fourth-order valence-electron chi connectivity index (χ4n) is 2.83. The number of hydrogen-bond acceptors (Lipinski definition) is 5. The molecule has 0 aliphatic carbocycles. The summed E-state index contributed by atoms with van der Waals surface area (Å²) < 4.78 is 16.4. The number of carbonyl (C=O) groups is 1. The SMILES string of the molecule is N#CCc1c(F)c(Cl)c(-c2cn3cc(NC=O)nc3cn2)c2cn[nH]c12. The first-order valence-electron chi connectivity index (χ1n) is 7.39. The Labute approximate surface area is 150 Å². The van der Waals surface area contributed by atoms with Gasteiger partial charge in [0.1, 0.15) is 5.82 Å². The summed E-state index contributed by atoms with van der Waals surface area (Å²) in [5.41, 5.74) is 1.81. The molecule has 1 amide bonds. The van der Waals surface area contributed by atoms with Crippen molar-refractivity contribution in [3.8, 4) is 17.3 Å². The lowest BCUT2D eigenvalue weighted by atomic mass is 10.0. The molecule has 2 N–H and O–H groups in total. The van der Waals surface area contributed by atoms with E-state index in [2.05, 4.69) is 25.5 Å². The minimum Gasteiger partial charge on any atom is -0.312 e. The molecule has 128 valence electrons. The normalized spacial score (nSPS) is 11.0. The monoisotopic (exact) mass is 369 g/mol. The van der Waals surface area contributed by atoms with E-state index in [1.54, 1.807) is 16.8 Å². The van der Waals surface area contributed by atoms with Crippen molar-refractivity contribution in [2.45, 2.75) is 6.42 Å². The maximum Gasteiger partial charge on any atom is 0.212 e. The van der Waals surface area contributed by atoms with Crippen LogP contribution in [0, 0.1) is 17.1 Å². The summed E-state index contributed by atoms with van der Waals surface area (Å²) in [5.74, 6) is -0.329. The van der Waals surface area contributed by atoms with Gasteiger partial charge in [-0.25, -0.2) is 9.37 Å². The predicted molar refractivity (Wildman–Crippen MR) is 92.0 cm³/mol. The van der Waals surface area contributed by atoms with Gasteiger partial charge in [-0.15, -0.1) is 0 Å². The molecule has 0 unspecified atom stereocenters. The lowest BCUT2D eigenvalue weighted by molar-refractivity contribution is -0.105. The van der Waals surface area contributed by atoms with Crippen LogP contribution in [0.25, 0.3) is 27.8 Å². The van der Waals surface area contributed by atoms with Crippen LogP contribution >= 0.6 is 11.6 Å². The molecule has 0 saturated carbocycles. The van der Waals surface area contributed by atoms with E-state index in [1.165, 1.54) is 12.4 Å². The number of nitrogens with zero attached hydrogens (tertiary/aromatic N) is 5. The van der Waals surface area contributed by atoms with Gasteiger partial charge < -0.3 is 9.72 Å². The minimum atomic E-state index is -0.684. The number of anilines is 1. The van der Waals surface area contributed by atoms with Crippen LogP contribution in [0.1, 0.15) is 5.56 Å². The molecule has 3 heterocycles. The summed E-state index contributed by atoms with van der Waals surface area (Å²) in [5, 5.41) is 18.5. The van der Waals surface area contributed by atoms with Crippen LogP contribution in [0.3, 0.4) is 0 Å². The van der Waals surface area contributed by atoms with Crippen molar-refractivity contribution in [3.05, 3.63) is 41.2 Å². The van der Waals surface area contributed by atoms with Crippen molar-refractivity contribution in [2.75, 3.05) is 5.32 Å². The standard InChI is InChI=1S/C16H9ClFN7O/c17-14-13(9-3-22-24-16(9)8(1-2-19)15(14)18)10-5-25-6-11(21-7-26)23-12(25)4-20-10/h3-7H,1H2,(H,21,26)(H,22,24). The molecule has 0 fully saturated rings. The topological polar surface area (TPSA) is 112 Å². The van der Waals surface area contributed by atoms with Crippen LogP contribution < -0.4 is 5.32 Å². The van der Waals surface area contributed by atoms with E-state index in [1.807, 2.05) is 6.07 Å². The van der Waals surface area contributed by atoms with Crippen LogP contribution in [-0.4, -0.2) is 31.0 Å². The average Bonchev–Trinajstić information content (AvgIpc) is 3.25. The van der Waals surface area contributed by atoms with Gasteiger partial charge in [0.05, 0.1) is 47.3 Å². The highest BCUT2D eigenvalue weighted by molar-refractivity contribution is 6.35. The lowest BCUT2D eigenvalue weighted by Crippen LogP contribution is -1.98. The maximum atomic E-state index is 14.7. The number of H-pyrrole nitrogens is 1. The first-order valence-corrected chi connectivity index (χ1v) is 7.77. The molecule has 4 rings (SSSR count). The van der Waals surface area contributed by atoms with Gasteiger partial charge in [-0.05, 0) is 0 Å². The molecule has 0 aliphatic heterocycles. The first kappa shape index (κ1) is 16.0. The molecule has 0 spiro atoms. The molecule has 1 aromatic carbocycles. The lowest BCUT2D eigenvalue weighted by Gasteiger charge is -2.10. The third kappa shape index (κ3) is 2.35. The number of benzene rings is 1. The van der Waals surface area contributed by atoms with Gasteiger partial charge in [0.15, 0.2) is 11.5 Å². The highest BCUT2D eigenvalue weighted by Gasteiger charge is 2.22. The van der Waals surface area contributed by atoms with Crippen LogP contribution in [0.5, 0.6) is 0 Å². The molecule has 0 bridgehead atoms. The summed E-state index contributed by atoms with van der Waals surface area (Å²) in [6, 6.07) is 1.92. The number of rotatable bonds is 4. The van der Waals surface area contributed by atoms with E-state index in [4.69, 9.17) is 16.9 Å². The second kappa shape index (κ2) is 6.09. The zero-order valence-corrected chi connectivity index (χ0v) is 13.8. The number of carbonyl (C=O) groups excluding carboxylic acids is 1. The number of fused-ring (bicyclic) bond motifs is 2. The van der Waals surface area contributed by atoms with Crippen LogP contribution in [0.15, 0.2) is 24.8 Å². The molecule has 4 aromatic rings. The molecule has 0 aliphatic rings. The smallest absolute Gasteiger partial charge is 0.212 e. The zero-order chi connectivity index (χ0) is 18.3. The van der Waals surface area contributed by atoms with E-state index >= 15 is 0 Å². The highest BCUT2D eigenvalue weighted by Crippen LogP contribution is 2.38. The number of nitriles is 1. The maximum absolute atomic E-state index is 14.7. The van der Waals surface area contributed by atoms with E-state index in [9.17, 15) is 9.18 Å². The summed E-state index contributed by atoms with van der Waals surface area (Å²) in [4.78, 5) is 19.0. The second-order valence-electron chi connectivity index (χ2n) is 5.40. The van der Waals surface area contributed by atoms with Crippen molar-refractivity contribution in [1.82, 2.24) is 24.6 Å². The number of aromatic nitrogens is 5. The second-order valence-corrected chi connectivity index (χ2v) is 5.78. The van der Waals surface area contributed by atoms with Crippen molar-refractivity contribution in [1.29, 1.82) is 5.26 Å². The summed E-state index contributed by atoms with van der Waals surface area (Å²) in [6.07, 6.45) is 6.58. The fourth-order valence-corrected chi connectivity index (χ4v) is 3.14. The fraction of sp³-hybridized carbons (Fsp3) is 0.0625. The third-order valence-corrected chi connectivity index (χ3v) is 4.30. The van der Waals surface area contributed by atoms with Gasteiger partial charge in [0, 0.05) is 22.7 Å². The van der Waals surface area contributed by atoms with Gasteiger partial charge >= 0.3 is 0 Å². The Balaban J connectivity index is 1.97. The molecule has 0 radical (unpaired) electrons. The molecule has 0 saturated heterocycles. The molecule has 3 aromatic heterocycles. The third-order valence-electron chi connectivity index (χ3n) is 3.95. The number of amides is 1. The molecule has 8 nitrogen and oxygen atoms in total. The quantitative estimate of drug-likeness (QED) is 0.537. The highest BCUT2D eigenvalue weighted by atomic mass is 35.5. The van der Waals surface area contributed by atoms with Gasteiger partial charge in [-0.3, -0.25) is 14.9 Å². The number of nitrogens with one attached hydrogen (secondary N) is 2. The Hall–Kier alpha value is -3.51. The molecular formula is C16H9ClFN7O. The van der Waals surface area contributed by atoms with Crippen LogP contribution in [0.4, 0.5) is 10.2 Å². The van der Waals surface area contributed by atoms with Crippen molar-refractivity contribution < 1.29 is 9.18 Å². The number of halogens is 2. The van der Waals surface area contributed by atoms with E-state index in [0.29, 0.717) is 40.0 Å². The molecule has 26 heavy (non-hydrogen) atoms. The minimum absolute atomic E-state index is 0.137. The number of aromatic amines is 1. The van der Waals surface area contributed by atoms with Gasteiger partial charge in [0.2, 0.25) is 6.41 Å². The van der Waals surface area contributed by atoms with E-state index < -0.39 is 5.82 Å². The Morgan fingerprint density at radius 1 is 1.42 bits per heavy atom. The van der Waals surface area contributed by atoms with Crippen molar-refractivity contribution in [2.24, 2.45) is 0 Å². The molecule has 0 atom stereocenters. The first-order chi connectivity index (χ1) is 12.6.